The van der Waals surface area contributed by atoms with Gasteiger partial charge in [-0.1, -0.05) is 49.8 Å². The number of carbonyl (C=O) groups is 2. The fourth-order valence-electron chi connectivity index (χ4n) is 3.88. The average molecular weight is 342 g/mol. The van der Waals surface area contributed by atoms with Crippen molar-refractivity contribution in [1.82, 2.24) is 10.4 Å². The number of hydroxylamine groups is 1. The molecule has 5 nitrogen and oxygen atoms in total. The first kappa shape index (κ1) is 17.7. The molecule has 0 bridgehead atoms. The van der Waals surface area contributed by atoms with Gasteiger partial charge in [0, 0.05) is 13.1 Å². The van der Waals surface area contributed by atoms with Gasteiger partial charge in [-0.3, -0.25) is 14.4 Å². The lowest BCUT2D eigenvalue weighted by Crippen LogP contribution is -2.53. The Labute approximate surface area is 149 Å². The Bertz CT molecular complexity index is 615. The van der Waals surface area contributed by atoms with E-state index in [2.05, 4.69) is 12.1 Å². The standard InChI is InChI=1S/C20H26N2O3/c1-2-18(23)22-14-12-20(13-15-22,16-8-4-3-5-9-16)19(24)21-25-17-10-6-7-11-17/h2-5,8-9,17H,1,6-7,10-15H2,(H,21,24). The molecule has 0 atom stereocenters. The van der Waals surface area contributed by atoms with E-state index in [9.17, 15) is 9.59 Å². The summed E-state index contributed by atoms with van der Waals surface area (Å²) >= 11 is 0. The van der Waals surface area contributed by atoms with Crippen molar-refractivity contribution in [2.75, 3.05) is 13.1 Å². The van der Waals surface area contributed by atoms with Crippen LogP contribution in [-0.4, -0.2) is 35.9 Å². The first-order valence-corrected chi connectivity index (χ1v) is 9.09. The zero-order chi connectivity index (χ0) is 17.7. The van der Waals surface area contributed by atoms with Gasteiger partial charge in [-0.2, -0.15) is 0 Å². The molecular formula is C20H26N2O3. The molecule has 1 N–H and O–H groups in total. The van der Waals surface area contributed by atoms with Gasteiger partial charge in [-0.25, -0.2) is 5.48 Å². The van der Waals surface area contributed by atoms with Crippen LogP contribution in [0.1, 0.15) is 44.1 Å². The lowest BCUT2D eigenvalue weighted by Gasteiger charge is -2.40. The van der Waals surface area contributed by atoms with Gasteiger partial charge in [0.2, 0.25) is 5.91 Å². The van der Waals surface area contributed by atoms with E-state index >= 15 is 0 Å². The lowest BCUT2D eigenvalue weighted by atomic mass is 9.72. The van der Waals surface area contributed by atoms with Gasteiger partial charge in [-0.15, -0.1) is 0 Å². The van der Waals surface area contributed by atoms with Crippen LogP contribution < -0.4 is 5.48 Å². The minimum atomic E-state index is -0.655. The van der Waals surface area contributed by atoms with Crippen LogP contribution in [0.15, 0.2) is 43.0 Å². The summed E-state index contributed by atoms with van der Waals surface area (Å²) in [7, 11) is 0. The zero-order valence-corrected chi connectivity index (χ0v) is 14.6. The molecule has 1 aliphatic carbocycles. The normalized spacial score (nSPS) is 20.2. The highest BCUT2D eigenvalue weighted by Gasteiger charge is 2.44. The number of hydrogen-bond acceptors (Lipinski definition) is 3. The van der Waals surface area contributed by atoms with Crippen molar-refractivity contribution in [2.24, 2.45) is 0 Å². The summed E-state index contributed by atoms with van der Waals surface area (Å²) in [5, 5.41) is 0. The predicted molar refractivity (Wildman–Crippen MR) is 95.6 cm³/mol. The maximum Gasteiger partial charge on any atom is 0.254 e. The lowest BCUT2D eigenvalue weighted by molar-refractivity contribution is -0.147. The molecule has 0 spiro atoms. The minimum Gasteiger partial charge on any atom is -0.339 e. The summed E-state index contributed by atoms with van der Waals surface area (Å²) in [5.74, 6) is -0.180. The summed E-state index contributed by atoms with van der Waals surface area (Å²) in [6, 6.07) is 9.81. The fraction of sp³-hybridized carbons (Fsp3) is 0.500. The first-order chi connectivity index (χ1) is 12.2. The first-order valence-electron chi connectivity index (χ1n) is 9.09. The topological polar surface area (TPSA) is 58.6 Å². The number of nitrogens with one attached hydrogen (secondary N) is 1. The molecule has 134 valence electrons. The molecule has 1 aromatic carbocycles. The van der Waals surface area contributed by atoms with E-state index in [1.54, 1.807) is 4.90 Å². The Morgan fingerprint density at radius 2 is 1.80 bits per heavy atom. The molecule has 1 saturated heterocycles. The number of nitrogens with zero attached hydrogens (tertiary/aromatic N) is 1. The molecule has 2 aliphatic rings. The van der Waals surface area contributed by atoms with E-state index in [1.807, 2.05) is 30.3 Å². The van der Waals surface area contributed by atoms with Crippen molar-refractivity contribution < 1.29 is 14.4 Å². The van der Waals surface area contributed by atoms with Crippen molar-refractivity contribution in [3.05, 3.63) is 48.6 Å². The highest BCUT2D eigenvalue weighted by Crippen LogP contribution is 2.36. The number of benzene rings is 1. The Hall–Kier alpha value is -2.14. The van der Waals surface area contributed by atoms with E-state index < -0.39 is 5.41 Å². The van der Waals surface area contributed by atoms with Crippen LogP contribution >= 0.6 is 0 Å². The predicted octanol–water partition coefficient (Wildman–Crippen LogP) is 2.72. The van der Waals surface area contributed by atoms with Crippen molar-refractivity contribution in [3.8, 4) is 0 Å². The molecule has 1 saturated carbocycles. The number of piperidine rings is 1. The zero-order valence-electron chi connectivity index (χ0n) is 14.6. The van der Waals surface area contributed by atoms with E-state index in [4.69, 9.17) is 4.84 Å². The smallest absolute Gasteiger partial charge is 0.254 e. The molecule has 0 unspecified atom stereocenters. The number of carbonyl (C=O) groups excluding carboxylic acids is 2. The number of rotatable bonds is 5. The maximum absolute atomic E-state index is 13.1. The summed E-state index contributed by atoms with van der Waals surface area (Å²) in [6.45, 7) is 4.63. The summed E-state index contributed by atoms with van der Waals surface area (Å²) in [5.41, 5.74) is 3.05. The van der Waals surface area contributed by atoms with E-state index in [1.165, 1.54) is 6.08 Å². The van der Waals surface area contributed by atoms with Crippen molar-refractivity contribution in [1.29, 1.82) is 0 Å². The van der Waals surface area contributed by atoms with Crippen LogP contribution in [-0.2, 0) is 19.8 Å². The second-order valence-electron chi connectivity index (χ2n) is 6.93. The molecule has 1 heterocycles. The molecule has 2 fully saturated rings. The van der Waals surface area contributed by atoms with Crippen LogP contribution in [0.4, 0.5) is 0 Å². The Balaban J connectivity index is 1.75. The molecule has 25 heavy (non-hydrogen) atoms. The highest BCUT2D eigenvalue weighted by atomic mass is 16.7. The van der Waals surface area contributed by atoms with Crippen LogP contribution in [0.5, 0.6) is 0 Å². The number of likely N-dealkylation sites (tertiary alicyclic amines) is 1. The van der Waals surface area contributed by atoms with Gasteiger partial charge in [-0.05, 0) is 37.3 Å². The molecule has 2 amide bonds. The van der Waals surface area contributed by atoms with Gasteiger partial charge in [0.25, 0.3) is 5.91 Å². The van der Waals surface area contributed by atoms with Crippen LogP contribution in [0.2, 0.25) is 0 Å². The summed E-state index contributed by atoms with van der Waals surface area (Å²) < 4.78 is 0. The third-order valence-electron chi connectivity index (χ3n) is 5.48. The van der Waals surface area contributed by atoms with Gasteiger partial charge in [0.1, 0.15) is 0 Å². The Morgan fingerprint density at radius 1 is 1.16 bits per heavy atom. The highest BCUT2D eigenvalue weighted by molar-refractivity contribution is 5.89. The van der Waals surface area contributed by atoms with Crippen LogP contribution in [0.25, 0.3) is 0 Å². The van der Waals surface area contributed by atoms with E-state index in [0.717, 1.165) is 31.2 Å². The quantitative estimate of drug-likeness (QED) is 0.661. The van der Waals surface area contributed by atoms with Gasteiger partial charge >= 0.3 is 0 Å². The van der Waals surface area contributed by atoms with Crippen molar-refractivity contribution >= 4 is 11.8 Å². The SMILES string of the molecule is C=CC(=O)N1CCC(C(=O)NOC2CCCC2)(c2ccccc2)CC1. The molecule has 1 aromatic rings. The van der Waals surface area contributed by atoms with E-state index in [0.29, 0.717) is 25.9 Å². The Morgan fingerprint density at radius 3 is 2.40 bits per heavy atom. The van der Waals surface area contributed by atoms with Crippen LogP contribution in [0, 0.1) is 0 Å². The fourth-order valence-corrected chi connectivity index (χ4v) is 3.88. The maximum atomic E-state index is 13.1. The molecule has 0 radical (unpaired) electrons. The molecule has 1 aliphatic heterocycles. The van der Waals surface area contributed by atoms with E-state index in [-0.39, 0.29) is 17.9 Å². The number of hydrogen-bond donors (Lipinski definition) is 1. The Kier molecular flexibility index (Phi) is 5.53. The second kappa shape index (κ2) is 7.83. The number of amides is 2. The summed E-state index contributed by atoms with van der Waals surface area (Å²) in [4.78, 5) is 32.3. The van der Waals surface area contributed by atoms with Gasteiger partial charge < -0.3 is 4.90 Å². The molecular weight excluding hydrogens is 316 g/mol. The van der Waals surface area contributed by atoms with Crippen molar-refractivity contribution in [2.45, 2.75) is 50.0 Å². The monoisotopic (exact) mass is 342 g/mol. The van der Waals surface area contributed by atoms with Gasteiger partial charge in [0.15, 0.2) is 0 Å². The third-order valence-corrected chi connectivity index (χ3v) is 5.48. The average Bonchev–Trinajstić information content (AvgIpc) is 3.20. The minimum absolute atomic E-state index is 0.0794. The third kappa shape index (κ3) is 3.76. The van der Waals surface area contributed by atoms with Crippen LogP contribution in [0.3, 0.4) is 0 Å². The molecule has 0 aromatic heterocycles. The van der Waals surface area contributed by atoms with Gasteiger partial charge in [0.05, 0.1) is 11.5 Å². The van der Waals surface area contributed by atoms with Crippen molar-refractivity contribution in [3.63, 3.8) is 0 Å². The molecule has 3 rings (SSSR count). The summed E-state index contributed by atoms with van der Waals surface area (Å²) in [6.07, 6.45) is 6.93. The largest absolute Gasteiger partial charge is 0.339 e. The molecule has 5 heteroatoms. The second-order valence-corrected chi connectivity index (χ2v) is 6.93.